The van der Waals surface area contributed by atoms with Crippen LogP contribution in [0.15, 0.2) is 29.6 Å². The number of rotatable bonds is 6. The number of fused-ring (bicyclic) bond motifs is 1. The van der Waals surface area contributed by atoms with Gasteiger partial charge in [-0.05, 0) is 55.1 Å². The van der Waals surface area contributed by atoms with Crippen LogP contribution >= 0.6 is 11.3 Å². The number of benzene rings is 1. The van der Waals surface area contributed by atoms with Gasteiger partial charge < -0.3 is 10.1 Å². The maximum absolute atomic E-state index is 5.80. The zero-order valence-corrected chi connectivity index (χ0v) is 13.8. The van der Waals surface area contributed by atoms with Gasteiger partial charge >= 0.3 is 0 Å². The first-order valence-corrected chi connectivity index (χ1v) is 8.97. The van der Waals surface area contributed by atoms with Crippen molar-refractivity contribution in [3.05, 3.63) is 35.2 Å². The van der Waals surface area contributed by atoms with E-state index in [0.29, 0.717) is 18.1 Å². The van der Waals surface area contributed by atoms with Gasteiger partial charge in [-0.3, -0.25) is 0 Å². The summed E-state index contributed by atoms with van der Waals surface area (Å²) in [6, 6.07) is 9.28. The molecule has 3 unspecified atom stereocenters. The molecule has 2 heterocycles. The lowest BCUT2D eigenvalue weighted by molar-refractivity contribution is 0.0954. The fraction of sp³-hybridized carbons (Fsp3) is 0.556. The minimum absolute atomic E-state index is 0.379. The van der Waals surface area contributed by atoms with E-state index < -0.39 is 0 Å². The molecule has 3 heteroatoms. The first-order valence-electron chi connectivity index (χ1n) is 8.09. The Morgan fingerprint density at radius 3 is 3.00 bits per heavy atom. The van der Waals surface area contributed by atoms with Crippen molar-refractivity contribution in [3.63, 3.8) is 0 Å². The Kier molecular flexibility index (Phi) is 4.94. The third-order valence-corrected chi connectivity index (χ3v) is 5.62. The molecule has 1 aliphatic heterocycles. The molecule has 0 radical (unpaired) electrons. The third-order valence-electron chi connectivity index (χ3n) is 4.61. The molecule has 0 saturated carbocycles. The molecule has 0 amide bonds. The van der Waals surface area contributed by atoms with Crippen molar-refractivity contribution in [2.45, 2.75) is 45.3 Å². The molecule has 1 aliphatic rings. The van der Waals surface area contributed by atoms with Crippen molar-refractivity contribution < 1.29 is 4.74 Å². The quantitative estimate of drug-likeness (QED) is 0.862. The van der Waals surface area contributed by atoms with E-state index in [4.69, 9.17) is 4.74 Å². The molecule has 1 aromatic heterocycles. The zero-order valence-electron chi connectivity index (χ0n) is 13.0. The van der Waals surface area contributed by atoms with Crippen LogP contribution in [0.4, 0.5) is 0 Å². The largest absolute Gasteiger partial charge is 0.378 e. The average molecular weight is 303 g/mol. The van der Waals surface area contributed by atoms with Crippen LogP contribution in [0.2, 0.25) is 0 Å². The van der Waals surface area contributed by atoms with Crippen LogP contribution in [0, 0.1) is 5.92 Å². The monoisotopic (exact) mass is 303 g/mol. The molecule has 1 N–H and O–H groups in total. The normalized spacial score (nSPS) is 23.7. The van der Waals surface area contributed by atoms with Crippen LogP contribution in [-0.2, 0) is 11.2 Å². The molecule has 1 fully saturated rings. The molecule has 0 spiro atoms. The minimum Gasteiger partial charge on any atom is -0.378 e. The molecule has 1 saturated heterocycles. The first kappa shape index (κ1) is 15.0. The number of hydrogen-bond donors (Lipinski definition) is 1. The summed E-state index contributed by atoms with van der Waals surface area (Å²) in [5.74, 6) is 0.634. The lowest BCUT2D eigenvalue weighted by atomic mass is 9.88. The SMILES string of the molecule is CCCNC(Cc1csc2ccccc12)C1CCOC1C. The fourth-order valence-electron chi connectivity index (χ4n) is 3.41. The molecule has 0 aliphatic carbocycles. The molecule has 21 heavy (non-hydrogen) atoms. The van der Waals surface area contributed by atoms with Crippen molar-refractivity contribution in [3.8, 4) is 0 Å². The van der Waals surface area contributed by atoms with E-state index in [-0.39, 0.29) is 0 Å². The molecule has 114 valence electrons. The van der Waals surface area contributed by atoms with Gasteiger partial charge in [-0.15, -0.1) is 11.3 Å². The summed E-state index contributed by atoms with van der Waals surface area (Å²) < 4.78 is 7.20. The van der Waals surface area contributed by atoms with Gasteiger partial charge in [0.05, 0.1) is 6.10 Å². The van der Waals surface area contributed by atoms with Crippen LogP contribution in [-0.4, -0.2) is 25.3 Å². The highest BCUT2D eigenvalue weighted by atomic mass is 32.1. The Labute approximate surface area is 131 Å². The molecular weight excluding hydrogens is 278 g/mol. The zero-order chi connectivity index (χ0) is 14.7. The first-order chi connectivity index (χ1) is 10.3. The Morgan fingerprint density at radius 2 is 2.24 bits per heavy atom. The van der Waals surface area contributed by atoms with Crippen LogP contribution in [0.1, 0.15) is 32.3 Å². The van der Waals surface area contributed by atoms with Gasteiger partial charge in [-0.25, -0.2) is 0 Å². The Balaban J connectivity index is 1.80. The second-order valence-corrected chi connectivity index (χ2v) is 6.96. The molecule has 2 nitrogen and oxygen atoms in total. The van der Waals surface area contributed by atoms with E-state index in [1.54, 1.807) is 0 Å². The maximum Gasteiger partial charge on any atom is 0.0590 e. The van der Waals surface area contributed by atoms with Crippen molar-refractivity contribution in [2.75, 3.05) is 13.2 Å². The summed E-state index contributed by atoms with van der Waals surface area (Å²) in [6.45, 7) is 6.47. The van der Waals surface area contributed by atoms with Gasteiger partial charge in [0.2, 0.25) is 0 Å². The van der Waals surface area contributed by atoms with Crippen LogP contribution in [0.3, 0.4) is 0 Å². The topological polar surface area (TPSA) is 21.3 Å². The molecule has 3 rings (SSSR count). The summed E-state index contributed by atoms with van der Waals surface area (Å²) in [5.41, 5.74) is 1.49. The van der Waals surface area contributed by atoms with E-state index in [9.17, 15) is 0 Å². The summed E-state index contributed by atoms with van der Waals surface area (Å²) in [6.07, 6.45) is 3.86. The van der Waals surface area contributed by atoms with Crippen LogP contribution in [0.25, 0.3) is 10.1 Å². The van der Waals surface area contributed by atoms with Crippen molar-refractivity contribution >= 4 is 21.4 Å². The molecule has 0 bridgehead atoms. The number of nitrogens with one attached hydrogen (secondary N) is 1. The van der Waals surface area contributed by atoms with Crippen LogP contribution in [0.5, 0.6) is 0 Å². The Bertz CT molecular complexity index is 579. The summed E-state index contributed by atoms with van der Waals surface area (Å²) in [7, 11) is 0. The van der Waals surface area contributed by atoms with E-state index in [1.165, 1.54) is 28.5 Å². The molecular formula is C18H25NOS. The van der Waals surface area contributed by atoms with Crippen molar-refractivity contribution in [1.82, 2.24) is 5.32 Å². The predicted octanol–water partition coefficient (Wildman–Crippen LogP) is 4.24. The summed E-state index contributed by atoms with van der Waals surface area (Å²) >= 11 is 1.86. The van der Waals surface area contributed by atoms with Gasteiger partial charge in [-0.1, -0.05) is 25.1 Å². The Morgan fingerprint density at radius 1 is 1.38 bits per heavy atom. The Hall–Kier alpha value is -0.900. The van der Waals surface area contributed by atoms with E-state index in [0.717, 1.165) is 19.6 Å². The highest BCUT2D eigenvalue weighted by Crippen LogP contribution is 2.30. The second-order valence-electron chi connectivity index (χ2n) is 6.05. The average Bonchev–Trinajstić information content (AvgIpc) is 3.10. The molecule has 3 atom stereocenters. The molecule has 2 aromatic rings. The van der Waals surface area contributed by atoms with E-state index >= 15 is 0 Å². The number of ether oxygens (including phenoxy) is 1. The minimum atomic E-state index is 0.379. The fourth-order valence-corrected chi connectivity index (χ4v) is 4.38. The highest BCUT2D eigenvalue weighted by molar-refractivity contribution is 7.17. The summed E-state index contributed by atoms with van der Waals surface area (Å²) in [4.78, 5) is 0. The number of thiophene rings is 1. The van der Waals surface area contributed by atoms with Crippen LogP contribution < -0.4 is 5.32 Å². The summed E-state index contributed by atoms with van der Waals surface area (Å²) in [5, 5.41) is 7.54. The van der Waals surface area contributed by atoms with Crippen molar-refractivity contribution in [1.29, 1.82) is 0 Å². The smallest absolute Gasteiger partial charge is 0.0590 e. The lowest BCUT2D eigenvalue weighted by Crippen LogP contribution is -2.41. The third kappa shape index (κ3) is 3.31. The predicted molar refractivity (Wildman–Crippen MR) is 91.1 cm³/mol. The van der Waals surface area contributed by atoms with E-state index in [1.807, 2.05) is 11.3 Å². The molecule has 1 aromatic carbocycles. The maximum atomic E-state index is 5.80. The van der Waals surface area contributed by atoms with Gasteiger partial charge in [0.25, 0.3) is 0 Å². The van der Waals surface area contributed by atoms with Gasteiger partial charge in [0.1, 0.15) is 0 Å². The van der Waals surface area contributed by atoms with Gasteiger partial charge in [0, 0.05) is 23.3 Å². The lowest BCUT2D eigenvalue weighted by Gasteiger charge is -2.27. The van der Waals surface area contributed by atoms with E-state index in [2.05, 4.69) is 48.8 Å². The number of hydrogen-bond acceptors (Lipinski definition) is 3. The van der Waals surface area contributed by atoms with Gasteiger partial charge in [0.15, 0.2) is 0 Å². The highest BCUT2D eigenvalue weighted by Gasteiger charge is 2.31. The standard InChI is InChI=1S/C18H25NOS/c1-3-9-19-17(15-8-10-20-13(15)2)11-14-12-21-18-7-5-4-6-16(14)18/h4-7,12-13,15,17,19H,3,8-11H2,1-2H3. The van der Waals surface area contributed by atoms with Crippen molar-refractivity contribution in [2.24, 2.45) is 5.92 Å². The second kappa shape index (κ2) is 6.91. The van der Waals surface area contributed by atoms with Gasteiger partial charge in [-0.2, -0.15) is 0 Å².